The third kappa shape index (κ3) is 4.24. The predicted octanol–water partition coefficient (Wildman–Crippen LogP) is 2.46. The van der Waals surface area contributed by atoms with Gasteiger partial charge < -0.3 is 10.6 Å². The van der Waals surface area contributed by atoms with Gasteiger partial charge in [-0.2, -0.15) is 19.6 Å². The molecule has 0 unspecified atom stereocenters. The van der Waals surface area contributed by atoms with Gasteiger partial charge in [-0.05, 0) is 42.9 Å². The Kier molecular flexibility index (Phi) is 5.06. The number of carbonyl (C=O) groups excluding carboxylic acids is 2. The van der Waals surface area contributed by atoms with Gasteiger partial charge in [0, 0.05) is 28.6 Å². The maximum Gasteiger partial charge on any atom is 0.254 e. The SMILES string of the molecule is CSc1ccc(CNc2nc(NC3CC3)n3ncc(/C=C4\CC(=O)NC4=O)c3n2)cc1. The molecule has 2 amide bonds. The molecule has 0 atom stereocenters. The van der Waals surface area contributed by atoms with Crippen molar-refractivity contribution in [2.45, 2.75) is 36.7 Å². The van der Waals surface area contributed by atoms with E-state index in [4.69, 9.17) is 0 Å². The van der Waals surface area contributed by atoms with Gasteiger partial charge in [-0.3, -0.25) is 14.9 Å². The van der Waals surface area contributed by atoms with Crippen molar-refractivity contribution < 1.29 is 9.59 Å². The van der Waals surface area contributed by atoms with Crippen molar-refractivity contribution in [1.29, 1.82) is 0 Å². The molecular weight excluding hydrogens is 414 g/mol. The number of aromatic nitrogens is 4. The molecule has 2 fully saturated rings. The number of anilines is 2. The number of benzene rings is 1. The number of thioether (sulfide) groups is 1. The van der Waals surface area contributed by atoms with E-state index in [0.717, 1.165) is 18.4 Å². The van der Waals surface area contributed by atoms with Gasteiger partial charge in [0.05, 0.1) is 12.6 Å². The second kappa shape index (κ2) is 8.03. The topological polar surface area (TPSA) is 113 Å². The summed E-state index contributed by atoms with van der Waals surface area (Å²) in [5.41, 5.74) is 2.75. The van der Waals surface area contributed by atoms with Gasteiger partial charge in [0.2, 0.25) is 17.8 Å². The van der Waals surface area contributed by atoms with E-state index in [2.05, 4.69) is 55.3 Å². The molecule has 3 heterocycles. The Hall–Kier alpha value is -3.40. The van der Waals surface area contributed by atoms with Crippen LogP contribution < -0.4 is 16.0 Å². The number of imide groups is 1. The molecule has 10 heteroatoms. The van der Waals surface area contributed by atoms with Gasteiger partial charge in [-0.25, -0.2) is 0 Å². The smallest absolute Gasteiger partial charge is 0.254 e. The molecule has 1 saturated heterocycles. The van der Waals surface area contributed by atoms with E-state index >= 15 is 0 Å². The summed E-state index contributed by atoms with van der Waals surface area (Å²) >= 11 is 1.70. The summed E-state index contributed by atoms with van der Waals surface area (Å²) in [4.78, 5) is 33.9. The Morgan fingerprint density at radius 2 is 2.03 bits per heavy atom. The summed E-state index contributed by atoms with van der Waals surface area (Å²) in [6.45, 7) is 0.579. The highest BCUT2D eigenvalue weighted by molar-refractivity contribution is 7.98. The lowest BCUT2D eigenvalue weighted by Gasteiger charge is -2.10. The molecule has 5 rings (SSSR count). The first-order valence-electron chi connectivity index (χ1n) is 10.0. The first-order chi connectivity index (χ1) is 15.1. The minimum absolute atomic E-state index is 0.0611. The number of rotatable bonds is 7. The third-order valence-corrected chi connectivity index (χ3v) is 5.88. The normalized spacial score (nSPS) is 17.4. The van der Waals surface area contributed by atoms with Crippen molar-refractivity contribution in [3.63, 3.8) is 0 Å². The molecule has 9 nitrogen and oxygen atoms in total. The third-order valence-electron chi connectivity index (χ3n) is 5.14. The molecule has 1 aliphatic carbocycles. The molecule has 1 aromatic carbocycles. The van der Waals surface area contributed by atoms with Crippen LogP contribution in [0.1, 0.15) is 30.4 Å². The number of hydrogen-bond donors (Lipinski definition) is 3. The van der Waals surface area contributed by atoms with Crippen LogP contribution in [-0.4, -0.2) is 43.7 Å². The highest BCUT2D eigenvalue weighted by Gasteiger charge is 2.26. The standard InChI is InChI=1S/C21H21N7O2S/c1-31-16-6-2-12(3-7-16)10-22-20-26-18-14(8-13-9-17(29)25-19(13)30)11-23-28(18)21(27-20)24-15-4-5-15/h2-3,6-8,11,15H,4-5,9-10H2,1H3,(H,25,29,30)(H2,22,24,26,27)/b13-8+. The lowest BCUT2D eigenvalue weighted by atomic mass is 10.1. The minimum Gasteiger partial charge on any atom is -0.351 e. The molecule has 31 heavy (non-hydrogen) atoms. The summed E-state index contributed by atoms with van der Waals surface area (Å²) in [6, 6.07) is 8.70. The Morgan fingerprint density at radius 3 is 2.71 bits per heavy atom. The maximum atomic E-state index is 12.0. The summed E-state index contributed by atoms with van der Waals surface area (Å²) < 4.78 is 1.64. The van der Waals surface area contributed by atoms with E-state index in [1.807, 2.05) is 6.26 Å². The van der Waals surface area contributed by atoms with Crippen molar-refractivity contribution >= 4 is 47.2 Å². The van der Waals surface area contributed by atoms with Crippen LogP contribution in [-0.2, 0) is 16.1 Å². The second-order valence-corrected chi connectivity index (χ2v) is 8.43. The molecule has 3 N–H and O–H groups in total. The Labute approximate surface area is 182 Å². The molecule has 0 radical (unpaired) electrons. The van der Waals surface area contributed by atoms with E-state index in [9.17, 15) is 9.59 Å². The van der Waals surface area contributed by atoms with Crippen molar-refractivity contribution in [3.8, 4) is 0 Å². The van der Waals surface area contributed by atoms with Gasteiger partial charge in [-0.15, -0.1) is 11.8 Å². The number of hydrogen-bond acceptors (Lipinski definition) is 8. The average molecular weight is 436 g/mol. The summed E-state index contributed by atoms with van der Waals surface area (Å²) in [5, 5.41) is 13.4. The van der Waals surface area contributed by atoms with E-state index in [1.165, 1.54) is 4.90 Å². The largest absolute Gasteiger partial charge is 0.351 e. The fourth-order valence-electron chi connectivity index (χ4n) is 3.31. The Morgan fingerprint density at radius 1 is 1.23 bits per heavy atom. The summed E-state index contributed by atoms with van der Waals surface area (Å²) in [6.07, 6.45) is 7.60. The number of nitrogens with zero attached hydrogens (tertiary/aromatic N) is 4. The lowest BCUT2D eigenvalue weighted by Crippen LogP contribution is -2.19. The molecule has 0 bridgehead atoms. The van der Waals surface area contributed by atoms with Crippen LogP contribution in [0.15, 0.2) is 40.9 Å². The zero-order valence-corrected chi connectivity index (χ0v) is 17.7. The molecule has 158 valence electrons. The van der Waals surface area contributed by atoms with Crippen LogP contribution in [0, 0.1) is 0 Å². The van der Waals surface area contributed by atoms with Crippen LogP contribution in [0.3, 0.4) is 0 Å². The van der Waals surface area contributed by atoms with Crippen LogP contribution in [0.5, 0.6) is 0 Å². The first-order valence-corrected chi connectivity index (χ1v) is 11.3. The van der Waals surface area contributed by atoms with Gasteiger partial charge in [-0.1, -0.05) is 12.1 Å². The fourth-order valence-corrected chi connectivity index (χ4v) is 3.72. The zero-order valence-electron chi connectivity index (χ0n) is 16.9. The average Bonchev–Trinajstić information content (AvgIpc) is 3.41. The van der Waals surface area contributed by atoms with Gasteiger partial charge >= 0.3 is 0 Å². The van der Waals surface area contributed by atoms with Crippen molar-refractivity contribution in [2.75, 3.05) is 16.9 Å². The number of fused-ring (bicyclic) bond motifs is 1. The highest BCUT2D eigenvalue weighted by atomic mass is 32.2. The van der Waals surface area contributed by atoms with Crippen LogP contribution >= 0.6 is 11.8 Å². The van der Waals surface area contributed by atoms with Crippen LogP contribution in [0.25, 0.3) is 11.7 Å². The number of nitrogens with one attached hydrogen (secondary N) is 3. The molecule has 2 aromatic heterocycles. The number of carbonyl (C=O) groups is 2. The van der Waals surface area contributed by atoms with E-state index in [1.54, 1.807) is 28.6 Å². The Bertz CT molecular complexity index is 1200. The predicted molar refractivity (Wildman–Crippen MR) is 119 cm³/mol. The van der Waals surface area contributed by atoms with Crippen molar-refractivity contribution in [3.05, 3.63) is 47.2 Å². The second-order valence-electron chi connectivity index (χ2n) is 7.55. The fraction of sp³-hybridized carbons (Fsp3) is 0.286. The molecule has 1 aliphatic heterocycles. The van der Waals surface area contributed by atoms with Gasteiger partial charge in [0.15, 0.2) is 5.65 Å². The van der Waals surface area contributed by atoms with Gasteiger partial charge in [0.1, 0.15) is 0 Å². The zero-order chi connectivity index (χ0) is 21.4. The van der Waals surface area contributed by atoms with Gasteiger partial charge in [0.25, 0.3) is 5.91 Å². The van der Waals surface area contributed by atoms with E-state index < -0.39 is 0 Å². The van der Waals surface area contributed by atoms with Crippen molar-refractivity contribution in [1.82, 2.24) is 24.9 Å². The molecule has 3 aromatic rings. The molecule has 0 spiro atoms. The molecular formula is C21H21N7O2S. The summed E-state index contributed by atoms with van der Waals surface area (Å²) in [5.74, 6) is 0.399. The quantitative estimate of drug-likeness (QED) is 0.295. The summed E-state index contributed by atoms with van der Waals surface area (Å²) in [7, 11) is 0. The molecule has 2 aliphatic rings. The molecule has 1 saturated carbocycles. The minimum atomic E-state index is -0.373. The van der Waals surface area contributed by atoms with Crippen LogP contribution in [0.2, 0.25) is 0 Å². The maximum absolute atomic E-state index is 12.0. The van der Waals surface area contributed by atoms with E-state index in [-0.39, 0.29) is 18.2 Å². The van der Waals surface area contributed by atoms with Crippen molar-refractivity contribution in [2.24, 2.45) is 0 Å². The van der Waals surface area contributed by atoms with E-state index in [0.29, 0.717) is 41.3 Å². The monoisotopic (exact) mass is 435 g/mol. The Balaban J connectivity index is 1.46. The number of amides is 2. The highest BCUT2D eigenvalue weighted by Crippen LogP contribution is 2.26. The first kappa shape index (κ1) is 19.6. The van der Waals surface area contributed by atoms with Crippen LogP contribution in [0.4, 0.5) is 11.9 Å². The lowest BCUT2D eigenvalue weighted by molar-refractivity contribution is -0.124.